The van der Waals surface area contributed by atoms with E-state index in [1.165, 1.54) is 0 Å². The lowest BCUT2D eigenvalue weighted by atomic mass is 10.1. The third-order valence-corrected chi connectivity index (χ3v) is 4.45. The highest BCUT2D eigenvalue weighted by Gasteiger charge is 2.28. The van der Waals surface area contributed by atoms with Crippen LogP contribution in [0, 0.1) is 27.7 Å². The maximum atomic E-state index is 13.2. The summed E-state index contributed by atoms with van der Waals surface area (Å²) in [5.41, 5.74) is 4.64. The molecule has 26 heavy (non-hydrogen) atoms. The topological polar surface area (TPSA) is 64.7 Å². The lowest BCUT2D eigenvalue weighted by Gasteiger charge is -2.23. The number of rotatable bonds is 5. The number of nitrogens with one attached hydrogen (secondary N) is 1. The van der Waals surface area contributed by atoms with E-state index in [-0.39, 0.29) is 11.9 Å². The molecule has 1 aromatic carbocycles. The second kappa shape index (κ2) is 7.15. The first-order chi connectivity index (χ1) is 12.4. The number of hydrogen-bond acceptors (Lipinski definition) is 3. The van der Waals surface area contributed by atoms with Gasteiger partial charge in [-0.3, -0.25) is 4.79 Å². The molecular formula is C20H25N5O. The van der Waals surface area contributed by atoms with Gasteiger partial charge in [-0.15, -0.1) is 0 Å². The summed E-state index contributed by atoms with van der Waals surface area (Å²) < 4.78 is 3.48. The number of carbonyl (C=O) groups excluding carboxylic acids is 1. The minimum absolute atomic E-state index is 0.111. The van der Waals surface area contributed by atoms with Crippen molar-refractivity contribution in [1.82, 2.24) is 24.9 Å². The van der Waals surface area contributed by atoms with Crippen molar-refractivity contribution >= 4 is 5.91 Å². The van der Waals surface area contributed by atoms with Crippen molar-refractivity contribution in [3.05, 3.63) is 70.8 Å². The van der Waals surface area contributed by atoms with Crippen LogP contribution in [0.2, 0.25) is 0 Å². The van der Waals surface area contributed by atoms with Crippen LogP contribution < -0.4 is 5.32 Å². The van der Waals surface area contributed by atoms with E-state index in [1.807, 2.05) is 77.1 Å². The van der Waals surface area contributed by atoms with Crippen LogP contribution in [0.3, 0.4) is 0 Å². The molecule has 0 unspecified atom stereocenters. The third kappa shape index (κ3) is 3.54. The zero-order valence-corrected chi connectivity index (χ0v) is 15.9. The molecule has 0 radical (unpaired) electrons. The second-order valence-electron chi connectivity index (χ2n) is 6.76. The van der Waals surface area contributed by atoms with Gasteiger partial charge in [-0.05, 0) is 52.3 Å². The van der Waals surface area contributed by atoms with Crippen LogP contribution in [-0.4, -0.2) is 25.5 Å². The average Bonchev–Trinajstić information content (AvgIpc) is 3.09. The molecule has 136 valence electrons. The van der Waals surface area contributed by atoms with E-state index in [0.29, 0.717) is 0 Å². The van der Waals surface area contributed by atoms with Gasteiger partial charge in [0.2, 0.25) is 6.17 Å². The molecule has 0 spiro atoms. The Hall–Kier alpha value is -2.89. The average molecular weight is 351 g/mol. The molecule has 1 N–H and O–H groups in total. The molecule has 2 aromatic heterocycles. The minimum atomic E-state index is -0.663. The Bertz CT molecular complexity index is 863. The highest BCUT2D eigenvalue weighted by molar-refractivity contribution is 5.80. The predicted molar refractivity (Wildman–Crippen MR) is 101 cm³/mol. The quantitative estimate of drug-likeness (QED) is 0.767. The van der Waals surface area contributed by atoms with E-state index in [9.17, 15) is 4.79 Å². The number of nitrogens with zero attached hydrogens (tertiary/aromatic N) is 4. The Morgan fingerprint density at radius 2 is 1.42 bits per heavy atom. The highest BCUT2D eigenvalue weighted by Crippen LogP contribution is 2.19. The van der Waals surface area contributed by atoms with Crippen molar-refractivity contribution < 1.29 is 4.79 Å². The number of benzene rings is 1. The monoisotopic (exact) mass is 351 g/mol. The third-order valence-electron chi connectivity index (χ3n) is 4.45. The van der Waals surface area contributed by atoms with Gasteiger partial charge in [0.15, 0.2) is 0 Å². The van der Waals surface area contributed by atoms with Crippen LogP contribution in [0.1, 0.15) is 47.5 Å². The van der Waals surface area contributed by atoms with Gasteiger partial charge in [0.1, 0.15) is 0 Å². The summed E-state index contributed by atoms with van der Waals surface area (Å²) in [4.78, 5) is 13.2. The fraction of sp³-hybridized carbons (Fsp3) is 0.350. The van der Waals surface area contributed by atoms with Crippen molar-refractivity contribution in [3.8, 4) is 0 Å². The zero-order valence-electron chi connectivity index (χ0n) is 15.9. The van der Waals surface area contributed by atoms with Gasteiger partial charge in [0, 0.05) is 11.4 Å². The molecule has 0 bridgehead atoms. The van der Waals surface area contributed by atoms with E-state index < -0.39 is 6.17 Å². The minimum Gasteiger partial charge on any atom is -0.346 e. The van der Waals surface area contributed by atoms with Gasteiger partial charge in [-0.2, -0.15) is 10.2 Å². The SMILES string of the molecule is Cc1cc(C)n(C(C(=O)N[C@H](C)c2ccccc2)n2nc(C)cc2C)n1. The Kier molecular flexibility index (Phi) is 4.93. The molecule has 6 heteroatoms. The molecule has 3 rings (SSSR count). The van der Waals surface area contributed by atoms with Crippen LogP contribution in [0.25, 0.3) is 0 Å². The van der Waals surface area contributed by atoms with Crippen molar-refractivity contribution in [2.24, 2.45) is 0 Å². The molecule has 6 nitrogen and oxygen atoms in total. The summed E-state index contributed by atoms with van der Waals surface area (Å²) >= 11 is 0. The summed E-state index contributed by atoms with van der Waals surface area (Å²) in [6, 6.07) is 13.7. The summed E-state index contributed by atoms with van der Waals surface area (Å²) in [7, 11) is 0. The molecule has 0 saturated carbocycles. The maximum Gasteiger partial charge on any atom is 0.267 e. The fourth-order valence-corrected chi connectivity index (χ4v) is 3.23. The van der Waals surface area contributed by atoms with E-state index in [0.717, 1.165) is 28.3 Å². The molecule has 2 heterocycles. The predicted octanol–water partition coefficient (Wildman–Crippen LogP) is 3.24. The van der Waals surface area contributed by atoms with E-state index in [2.05, 4.69) is 15.5 Å². The first-order valence-electron chi connectivity index (χ1n) is 8.77. The zero-order chi connectivity index (χ0) is 18.8. The highest BCUT2D eigenvalue weighted by atomic mass is 16.2. The number of hydrogen-bond donors (Lipinski definition) is 1. The van der Waals surface area contributed by atoms with E-state index in [4.69, 9.17) is 0 Å². The Morgan fingerprint density at radius 3 is 1.85 bits per heavy atom. The largest absolute Gasteiger partial charge is 0.346 e. The molecular weight excluding hydrogens is 326 g/mol. The second-order valence-corrected chi connectivity index (χ2v) is 6.76. The molecule has 1 atom stereocenters. The number of aromatic nitrogens is 4. The van der Waals surface area contributed by atoms with Crippen LogP contribution in [0.15, 0.2) is 42.5 Å². The lowest BCUT2D eigenvalue weighted by molar-refractivity contribution is -0.126. The van der Waals surface area contributed by atoms with E-state index in [1.54, 1.807) is 9.36 Å². The summed E-state index contributed by atoms with van der Waals surface area (Å²) in [6.07, 6.45) is -0.663. The van der Waals surface area contributed by atoms with Gasteiger partial charge in [-0.25, -0.2) is 9.36 Å². The first-order valence-corrected chi connectivity index (χ1v) is 8.77. The van der Waals surface area contributed by atoms with Crippen molar-refractivity contribution in [1.29, 1.82) is 0 Å². The summed E-state index contributed by atoms with van der Waals surface area (Å²) in [5.74, 6) is -0.140. The molecule has 1 amide bonds. The van der Waals surface area contributed by atoms with Gasteiger partial charge < -0.3 is 5.32 Å². The van der Waals surface area contributed by atoms with Crippen LogP contribution >= 0.6 is 0 Å². The Morgan fingerprint density at radius 1 is 0.923 bits per heavy atom. The van der Waals surface area contributed by atoms with Crippen LogP contribution in [0.5, 0.6) is 0 Å². The van der Waals surface area contributed by atoms with Crippen molar-refractivity contribution in [2.45, 2.75) is 46.8 Å². The molecule has 0 fully saturated rings. The van der Waals surface area contributed by atoms with Gasteiger partial charge >= 0.3 is 0 Å². The molecule has 0 aliphatic heterocycles. The van der Waals surface area contributed by atoms with Crippen molar-refractivity contribution in [3.63, 3.8) is 0 Å². The first kappa shape index (κ1) is 17.9. The molecule has 0 saturated heterocycles. The molecule has 0 aliphatic rings. The van der Waals surface area contributed by atoms with Crippen molar-refractivity contribution in [2.75, 3.05) is 0 Å². The number of aryl methyl sites for hydroxylation is 4. The number of amides is 1. The normalized spacial score (nSPS) is 12.4. The number of carbonyl (C=O) groups is 1. The smallest absolute Gasteiger partial charge is 0.267 e. The Balaban J connectivity index is 1.96. The van der Waals surface area contributed by atoms with Gasteiger partial charge in [-0.1, -0.05) is 30.3 Å². The summed E-state index contributed by atoms with van der Waals surface area (Å²) in [6.45, 7) is 9.73. The van der Waals surface area contributed by atoms with Crippen LogP contribution in [0.4, 0.5) is 0 Å². The molecule has 3 aromatic rings. The van der Waals surface area contributed by atoms with E-state index >= 15 is 0 Å². The standard InChI is InChI=1S/C20H25N5O/c1-13-11-15(3)24(22-13)20(25-16(4)12-14(2)23-25)19(26)21-17(5)18-9-7-6-8-10-18/h6-12,17,20H,1-5H3,(H,21,26)/t17-/m1/s1. The summed E-state index contributed by atoms with van der Waals surface area (Å²) in [5, 5.41) is 12.2. The van der Waals surface area contributed by atoms with Crippen LogP contribution in [-0.2, 0) is 4.79 Å². The maximum absolute atomic E-state index is 13.2. The lowest BCUT2D eigenvalue weighted by Crippen LogP contribution is -2.39. The van der Waals surface area contributed by atoms with Gasteiger partial charge in [0.05, 0.1) is 17.4 Å². The van der Waals surface area contributed by atoms with Gasteiger partial charge in [0.25, 0.3) is 5.91 Å². The Labute approximate surface area is 153 Å². The molecule has 0 aliphatic carbocycles. The fourth-order valence-electron chi connectivity index (χ4n) is 3.23.